The Balaban J connectivity index is 1.20. The van der Waals surface area contributed by atoms with Gasteiger partial charge in [-0.05, 0) is 80.5 Å². The van der Waals surface area contributed by atoms with Gasteiger partial charge in [0.1, 0.15) is 5.69 Å². The zero-order chi connectivity index (χ0) is 23.1. The number of hydrogen-bond donors (Lipinski definition) is 4. The van der Waals surface area contributed by atoms with Crippen molar-refractivity contribution in [1.82, 2.24) is 9.29 Å². The van der Waals surface area contributed by atoms with Crippen molar-refractivity contribution in [2.75, 3.05) is 11.9 Å². The Morgan fingerprint density at radius 2 is 2.12 bits per heavy atom. The zero-order valence-corrected chi connectivity index (χ0v) is 19.1. The molecule has 1 aromatic heterocycles. The Labute approximate surface area is 194 Å². The van der Waals surface area contributed by atoms with Gasteiger partial charge in [-0.2, -0.15) is 0 Å². The van der Waals surface area contributed by atoms with Crippen molar-refractivity contribution in [3.63, 3.8) is 0 Å². The van der Waals surface area contributed by atoms with Crippen LogP contribution in [0.5, 0.6) is 0 Å². The molecule has 1 aromatic carbocycles. The second-order valence-corrected chi connectivity index (χ2v) is 10.9. The normalized spacial score (nSPS) is 33.3. The molecule has 6 rings (SSSR count). The van der Waals surface area contributed by atoms with Crippen LogP contribution in [0.4, 0.5) is 14.5 Å². The second kappa shape index (κ2) is 7.28. The number of carbonyl (C=O) groups is 1. The molecule has 3 fully saturated rings. The van der Waals surface area contributed by atoms with E-state index in [1.165, 1.54) is 6.07 Å². The number of nitrogens with zero attached hydrogens (tertiary/aromatic N) is 1. The Bertz CT molecular complexity index is 1160. The molecule has 0 radical (unpaired) electrons. The summed E-state index contributed by atoms with van der Waals surface area (Å²) in [5, 5.41) is 23.1. The van der Waals surface area contributed by atoms with E-state index >= 15 is 0 Å². The van der Waals surface area contributed by atoms with Crippen molar-refractivity contribution < 1.29 is 23.8 Å². The van der Waals surface area contributed by atoms with Crippen LogP contribution in [0.1, 0.15) is 47.4 Å². The maximum Gasteiger partial charge on any atom is 0.272 e. The molecule has 3 saturated carbocycles. The highest BCUT2D eigenvalue weighted by Gasteiger charge is 2.81. The highest BCUT2D eigenvalue weighted by Crippen LogP contribution is 2.78. The van der Waals surface area contributed by atoms with Gasteiger partial charge in [0.2, 0.25) is 0 Å². The molecule has 4 aliphatic rings. The van der Waals surface area contributed by atoms with Crippen LogP contribution in [0.2, 0.25) is 0 Å². The predicted molar refractivity (Wildman–Crippen MR) is 120 cm³/mol. The Morgan fingerprint density at radius 3 is 2.79 bits per heavy atom. The van der Waals surface area contributed by atoms with Gasteiger partial charge in [0.25, 0.3) is 5.91 Å². The largest absolute Gasteiger partial charge is 0.393 e. The van der Waals surface area contributed by atoms with Crippen LogP contribution in [0, 0.1) is 35.8 Å². The van der Waals surface area contributed by atoms with Crippen molar-refractivity contribution in [2.45, 2.75) is 62.1 Å². The van der Waals surface area contributed by atoms with E-state index in [0.29, 0.717) is 30.0 Å². The number of fused-ring (bicyclic) bond motifs is 1. The Morgan fingerprint density at radius 1 is 1.30 bits per heavy atom. The molecule has 176 valence electrons. The lowest BCUT2D eigenvalue weighted by atomic mass is 9.26. The van der Waals surface area contributed by atoms with E-state index in [1.807, 2.05) is 11.5 Å². The topological polar surface area (TPSA) is 86.5 Å². The fourth-order valence-electron chi connectivity index (χ4n) is 7.10. The Hall–Kier alpha value is -1.94. The van der Waals surface area contributed by atoms with Crippen LogP contribution in [0.3, 0.4) is 0 Å². The third kappa shape index (κ3) is 2.73. The zero-order valence-electron chi connectivity index (χ0n) is 18.3. The van der Waals surface area contributed by atoms with Gasteiger partial charge in [-0.25, -0.2) is 8.78 Å². The number of nitrogens with one attached hydrogen (secondary N) is 2. The molecule has 3 aliphatic carbocycles. The van der Waals surface area contributed by atoms with E-state index in [2.05, 4.69) is 10.0 Å². The minimum atomic E-state index is -0.998. The van der Waals surface area contributed by atoms with Crippen molar-refractivity contribution >= 4 is 23.5 Å². The highest BCUT2D eigenvalue weighted by molar-refractivity contribution is 7.97. The number of aliphatic hydroxyl groups is 2. The van der Waals surface area contributed by atoms with E-state index in [9.17, 15) is 23.8 Å². The molecule has 1 aliphatic heterocycles. The number of aliphatic hydroxyl groups excluding tert-OH is 1. The molecule has 33 heavy (non-hydrogen) atoms. The number of carbonyl (C=O) groups excluding carboxylic acids is 1. The first-order valence-corrected chi connectivity index (χ1v) is 12.4. The van der Waals surface area contributed by atoms with Crippen LogP contribution in [-0.4, -0.2) is 38.9 Å². The average molecular weight is 476 g/mol. The molecule has 1 amide bonds. The fourth-order valence-corrected chi connectivity index (χ4v) is 8.26. The SMILES string of the molecule is Cc1c(SNC2C3CCC34C2CC4(O)CO)c2n(c1C(=O)Nc1ccc(F)c(F)c1)CCC2. The summed E-state index contributed by atoms with van der Waals surface area (Å²) in [6, 6.07) is 3.64. The van der Waals surface area contributed by atoms with Gasteiger partial charge in [-0.3, -0.25) is 9.52 Å². The standard InChI is InChI=1S/C24H27F2N3O3S/c1-12-20(22(31)27-13-4-5-16(25)17(26)9-13)29-8-2-3-18(29)21(12)33-28-19-14-6-7-24(14)15(19)10-23(24,32)11-30/h4-5,9,14-15,19,28,30,32H,2-3,6-8,10-11H2,1H3,(H,27,31). The maximum atomic E-state index is 13.6. The molecular weight excluding hydrogens is 448 g/mol. The molecule has 1 spiro atoms. The summed E-state index contributed by atoms with van der Waals surface area (Å²) in [5.41, 5.74) is 1.76. The number of amides is 1. The molecular formula is C24H27F2N3O3S. The number of aromatic nitrogens is 1. The molecule has 5 unspecified atom stereocenters. The summed E-state index contributed by atoms with van der Waals surface area (Å²) in [5.74, 6) is -1.52. The van der Waals surface area contributed by atoms with E-state index < -0.39 is 17.2 Å². The van der Waals surface area contributed by atoms with Gasteiger partial charge in [0.05, 0.1) is 12.2 Å². The van der Waals surface area contributed by atoms with Gasteiger partial charge >= 0.3 is 0 Å². The predicted octanol–water partition coefficient (Wildman–Crippen LogP) is 3.39. The van der Waals surface area contributed by atoms with Gasteiger partial charge < -0.3 is 20.1 Å². The lowest BCUT2D eigenvalue weighted by Gasteiger charge is -2.81. The summed E-state index contributed by atoms with van der Waals surface area (Å²) in [7, 11) is 0. The molecule has 6 nitrogen and oxygen atoms in total. The number of rotatable bonds is 6. The minimum Gasteiger partial charge on any atom is -0.393 e. The number of halogens is 2. The van der Waals surface area contributed by atoms with Gasteiger partial charge in [-0.15, -0.1) is 0 Å². The van der Waals surface area contributed by atoms with Crippen LogP contribution in [-0.2, 0) is 13.0 Å². The lowest BCUT2D eigenvalue weighted by Crippen LogP contribution is -2.86. The maximum absolute atomic E-state index is 13.6. The van der Waals surface area contributed by atoms with Crippen LogP contribution < -0.4 is 10.0 Å². The molecule has 2 heterocycles. The van der Waals surface area contributed by atoms with Gasteiger partial charge in [0.15, 0.2) is 11.6 Å². The quantitative estimate of drug-likeness (QED) is 0.481. The highest BCUT2D eigenvalue weighted by atomic mass is 32.2. The summed E-state index contributed by atoms with van der Waals surface area (Å²) in [4.78, 5) is 14.1. The van der Waals surface area contributed by atoms with Crippen molar-refractivity contribution in [3.8, 4) is 0 Å². The lowest BCUT2D eigenvalue weighted by molar-refractivity contribution is -0.365. The fraction of sp³-hybridized carbons (Fsp3) is 0.542. The second-order valence-electron chi connectivity index (χ2n) is 10.0. The molecule has 4 N–H and O–H groups in total. The Kier molecular flexibility index (Phi) is 4.76. The summed E-state index contributed by atoms with van der Waals surface area (Å²) >= 11 is 1.56. The van der Waals surface area contributed by atoms with Crippen LogP contribution in [0.25, 0.3) is 0 Å². The van der Waals surface area contributed by atoms with Crippen molar-refractivity contribution in [3.05, 3.63) is 46.8 Å². The minimum absolute atomic E-state index is 0.104. The average Bonchev–Trinajstić information content (AvgIpc) is 3.31. The first kappa shape index (κ1) is 21.6. The number of hydrogen-bond acceptors (Lipinski definition) is 5. The third-order valence-corrected chi connectivity index (χ3v) is 9.92. The van der Waals surface area contributed by atoms with E-state index in [-0.39, 0.29) is 23.6 Å². The van der Waals surface area contributed by atoms with Gasteiger partial charge in [0, 0.05) is 40.3 Å². The van der Waals surface area contributed by atoms with E-state index in [4.69, 9.17) is 0 Å². The molecule has 9 heteroatoms. The molecule has 0 saturated heterocycles. The molecule has 5 atom stereocenters. The number of benzene rings is 1. The van der Waals surface area contributed by atoms with E-state index in [0.717, 1.165) is 60.5 Å². The molecule has 2 aromatic rings. The van der Waals surface area contributed by atoms with Crippen molar-refractivity contribution in [1.29, 1.82) is 0 Å². The van der Waals surface area contributed by atoms with Gasteiger partial charge in [-0.1, -0.05) is 0 Å². The van der Waals surface area contributed by atoms with Crippen molar-refractivity contribution in [2.24, 2.45) is 17.3 Å². The summed E-state index contributed by atoms with van der Waals surface area (Å²) in [6.45, 7) is 2.51. The van der Waals surface area contributed by atoms with Crippen LogP contribution in [0.15, 0.2) is 23.1 Å². The first-order chi connectivity index (χ1) is 15.8. The molecule has 0 bridgehead atoms. The van der Waals surface area contributed by atoms with E-state index in [1.54, 1.807) is 11.9 Å². The smallest absolute Gasteiger partial charge is 0.272 e. The summed E-state index contributed by atoms with van der Waals surface area (Å²) in [6.07, 6.45) is 4.51. The monoisotopic (exact) mass is 475 g/mol. The third-order valence-electron chi connectivity index (χ3n) is 8.78. The number of anilines is 1. The summed E-state index contributed by atoms with van der Waals surface area (Å²) < 4.78 is 32.5. The van der Waals surface area contributed by atoms with Crippen LogP contribution >= 0.6 is 11.9 Å². The first-order valence-electron chi connectivity index (χ1n) is 11.5.